The third-order valence-electron chi connectivity index (χ3n) is 4.01. The van der Waals surface area contributed by atoms with Gasteiger partial charge < -0.3 is 10.0 Å². The van der Waals surface area contributed by atoms with E-state index in [9.17, 15) is 10.1 Å². The Morgan fingerprint density at radius 3 is 2.67 bits per heavy atom. The van der Waals surface area contributed by atoms with Crippen LogP contribution in [0.4, 0.5) is 11.5 Å². The van der Waals surface area contributed by atoms with E-state index in [0.717, 1.165) is 25.5 Å². The number of aromatic nitrogens is 1. The van der Waals surface area contributed by atoms with Crippen LogP contribution in [0.25, 0.3) is 0 Å². The average Bonchev–Trinajstić information content (AvgIpc) is 2.40. The summed E-state index contributed by atoms with van der Waals surface area (Å²) in [6.07, 6.45) is 0. The van der Waals surface area contributed by atoms with Crippen LogP contribution in [0.2, 0.25) is 0 Å². The number of nitrogens with zero attached hydrogens (tertiary/aromatic N) is 4. The second-order valence-electron chi connectivity index (χ2n) is 5.98. The molecule has 0 amide bonds. The molecule has 1 aromatic heterocycles. The Bertz CT molecular complexity index is 533. The fourth-order valence-electron chi connectivity index (χ4n) is 2.83. The monoisotopic (exact) mass is 294 g/mol. The molecule has 0 radical (unpaired) electrons. The van der Waals surface area contributed by atoms with Crippen molar-refractivity contribution in [3.8, 4) is 0 Å². The van der Waals surface area contributed by atoms with Gasteiger partial charge >= 0.3 is 0 Å². The predicted molar refractivity (Wildman–Crippen MR) is 80.6 cm³/mol. The summed E-state index contributed by atoms with van der Waals surface area (Å²) in [5, 5.41) is 20.0. The van der Waals surface area contributed by atoms with Crippen LogP contribution in [0.15, 0.2) is 12.1 Å². The van der Waals surface area contributed by atoms with Crippen LogP contribution in [0, 0.1) is 17.0 Å². The smallest absolute Gasteiger partial charge is 0.290 e. The van der Waals surface area contributed by atoms with Crippen molar-refractivity contribution in [2.75, 3.05) is 37.7 Å². The lowest BCUT2D eigenvalue weighted by Gasteiger charge is -2.47. The number of rotatable bonds is 4. The average molecular weight is 294 g/mol. The molecule has 0 aliphatic carbocycles. The lowest BCUT2D eigenvalue weighted by Crippen LogP contribution is -2.60. The standard InChI is InChI=1S/C14H22N4O3/c1-11-12(18(20)21)4-5-13(15-11)16-6-7-17(8-9-19)14(2,3)10-16/h4-5,19H,6-10H2,1-3H3. The molecule has 0 saturated carbocycles. The summed E-state index contributed by atoms with van der Waals surface area (Å²) in [7, 11) is 0. The highest BCUT2D eigenvalue weighted by atomic mass is 16.6. The van der Waals surface area contributed by atoms with E-state index in [0.29, 0.717) is 12.2 Å². The van der Waals surface area contributed by atoms with E-state index in [1.165, 1.54) is 6.07 Å². The molecule has 0 aromatic carbocycles. The van der Waals surface area contributed by atoms with Crippen LogP contribution in [-0.2, 0) is 0 Å². The minimum atomic E-state index is -0.408. The molecular weight excluding hydrogens is 272 g/mol. The van der Waals surface area contributed by atoms with Gasteiger partial charge in [0, 0.05) is 37.8 Å². The van der Waals surface area contributed by atoms with Gasteiger partial charge in [0.25, 0.3) is 5.69 Å². The Labute approximate surface area is 124 Å². The third-order valence-corrected chi connectivity index (χ3v) is 4.01. The first kappa shape index (κ1) is 15.7. The summed E-state index contributed by atoms with van der Waals surface area (Å²) in [5.74, 6) is 0.773. The lowest BCUT2D eigenvalue weighted by atomic mass is 9.98. The van der Waals surface area contributed by atoms with E-state index in [-0.39, 0.29) is 17.8 Å². The minimum absolute atomic E-state index is 0.0527. The third kappa shape index (κ3) is 3.30. The Kier molecular flexibility index (Phi) is 4.43. The van der Waals surface area contributed by atoms with Crippen molar-refractivity contribution in [3.05, 3.63) is 27.9 Å². The van der Waals surface area contributed by atoms with Gasteiger partial charge in [0.2, 0.25) is 0 Å². The summed E-state index contributed by atoms with van der Waals surface area (Å²) in [6, 6.07) is 3.23. The van der Waals surface area contributed by atoms with Crippen molar-refractivity contribution in [1.82, 2.24) is 9.88 Å². The summed E-state index contributed by atoms with van der Waals surface area (Å²) in [6.45, 7) is 9.15. The van der Waals surface area contributed by atoms with Crippen LogP contribution < -0.4 is 4.90 Å². The number of anilines is 1. The number of hydrogen-bond donors (Lipinski definition) is 1. The second kappa shape index (κ2) is 5.95. The van der Waals surface area contributed by atoms with Gasteiger partial charge in [-0.15, -0.1) is 0 Å². The zero-order chi connectivity index (χ0) is 15.6. The van der Waals surface area contributed by atoms with Gasteiger partial charge in [0.05, 0.1) is 11.5 Å². The summed E-state index contributed by atoms with van der Waals surface area (Å²) < 4.78 is 0. The number of pyridine rings is 1. The van der Waals surface area contributed by atoms with Crippen molar-refractivity contribution in [2.24, 2.45) is 0 Å². The second-order valence-corrected chi connectivity index (χ2v) is 5.98. The van der Waals surface area contributed by atoms with E-state index in [4.69, 9.17) is 5.11 Å². The fourth-order valence-corrected chi connectivity index (χ4v) is 2.83. The summed E-state index contributed by atoms with van der Waals surface area (Å²) >= 11 is 0. The topological polar surface area (TPSA) is 82.7 Å². The van der Waals surface area contributed by atoms with Gasteiger partial charge in [-0.1, -0.05) is 0 Å². The molecule has 1 N–H and O–H groups in total. The Hall–Kier alpha value is -1.73. The van der Waals surface area contributed by atoms with Gasteiger partial charge in [-0.2, -0.15) is 0 Å². The van der Waals surface area contributed by atoms with Gasteiger partial charge in [-0.3, -0.25) is 15.0 Å². The molecule has 0 spiro atoms. The SMILES string of the molecule is Cc1nc(N2CCN(CCO)C(C)(C)C2)ccc1[N+](=O)[O-]. The molecule has 1 saturated heterocycles. The van der Waals surface area contributed by atoms with Crippen molar-refractivity contribution >= 4 is 11.5 Å². The van der Waals surface area contributed by atoms with E-state index >= 15 is 0 Å². The maximum absolute atomic E-state index is 10.8. The minimum Gasteiger partial charge on any atom is -0.395 e. The number of aliphatic hydroxyl groups excluding tert-OH is 1. The highest BCUT2D eigenvalue weighted by Gasteiger charge is 2.33. The van der Waals surface area contributed by atoms with Crippen molar-refractivity contribution in [1.29, 1.82) is 0 Å². The van der Waals surface area contributed by atoms with Crippen LogP contribution >= 0.6 is 0 Å². The van der Waals surface area contributed by atoms with Gasteiger partial charge in [0.15, 0.2) is 0 Å². The van der Waals surface area contributed by atoms with Crippen LogP contribution in [-0.4, -0.2) is 58.2 Å². The number of aliphatic hydroxyl groups is 1. The molecule has 1 aromatic rings. The largest absolute Gasteiger partial charge is 0.395 e. The van der Waals surface area contributed by atoms with Crippen molar-refractivity contribution in [2.45, 2.75) is 26.3 Å². The van der Waals surface area contributed by atoms with Crippen LogP contribution in [0.3, 0.4) is 0 Å². The summed E-state index contributed by atoms with van der Waals surface area (Å²) in [5.41, 5.74) is 0.420. The number of β-amino-alcohol motifs (C(OH)–C–C–N with tert-alkyl or cyclic N) is 1. The molecule has 2 heterocycles. The Morgan fingerprint density at radius 2 is 2.14 bits per heavy atom. The fraction of sp³-hybridized carbons (Fsp3) is 0.643. The molecule has 0 unspecified atom stereocenters. The maximum Gasteiger partial charge on any atom is 0.290 e. The molecule has 1 aliphatic rings. The zero-order valence-electron chi connectivity index (χ0n) is 12.7. The van der Waals surface area contributed by atoms with E-state index in [1.54, 1.807) is 13.0 Å². The van der Waals surface area contributed by atoms with Gasteiger partial charge in [0.1, 0.15) is 11.5 Å². The normalized spacial score (nSPS) is 18.8. The first-order valence-electron chi connectivity index (χ1n) is 7.08. The Morgan fingerprint density at radius 1 is 1.43 bits per heavy atom. The van der Waals surface area contributed by atoms with E-state index in [1.807, 2.05) is 0 Å². The van der Waals surface area contributed by atoms with Gasteiger partial charge in [-0.25, -0.2) is 4.98 Å². The lowest BCUT2D eigenvalue weighted by molar-refractivity contribution is -0.385. The molecule has 0 atom stereocenters. The van der Waals surface area contributed by atoms with E-state index in [2.05, 4.69) is 28.6 Å². The first-order valence-corrected chi connectivity index (χ1v) is 7.08. The molecule has 7 nitrogen and oxygen atoms in total. The molecule has 1 aliphatic heterocycles. The van der Waals surface area contributed by atoms with Crippen LogP contribution in [0.1, 0.15) is 19.5 Å². The molecule has 0 bridgehead atoms. The summed E-state index contributed by atoms with van der Waals surface area (Å²) in [4.78, 5) is 19.2. The van der Waals surface area contributed by atoms with Crippen molar-refractivity contribution in [3.63, 3.8) is 0 Å². The molecule has 1 fully saturated rings. The maximum atomic E-state index is 10.8. The van der Waals surface area contributed by atoms with Crippen LogP contribution in [0.5, 0.6) is 0 Å². The van der Waals surface area contributed by atoms with E-state index < -0.39 is 4.92 Å². The highest BCUT2D eigenvalue weighted by molar-refractivity contribution is 5.47. The molecule has 7 heteroatoms. The Balaban J connectivity index is 2.17. The van der Waals surface area contributed by atoms with Gasteiger partial charge in [-0.05, 0) is 26.8 Å². The first-order chi connectivity index (χ1) is 9.85. The molecule has 21 heavy (non-hydrogen) atoms. The van der Waals surface area contributed by atoms with Crippen molar-refractivity contribution < 1.29 is 10.0 Å². The number of hydrogen-bond acceptors (Lipinski definition) is 6. The molecule has 2 rings (SSSR count). The molecule has 116 valence electrons. The zero-order valence-corrected chi connectivity index (χ0v) is 12.7. The number of aryl methyl sites for hydroxylation is 1. The number of nitro groups is 1. The quantitative estimate of drug-likeness (QED) is 0.663. The molecular formula is C14H22N4O3. The highest BCUT2D eigenvalue weighted by Crippen LogP contribution is 2.26. The predicted octanol–water partition coefficient (Wildman–Crippen LogP) is 1.19. The number of piperazine rings is 1.